The lowest BCUT2D eigenvalue weighted by Crippen LogP contribution is -2.51. The van der Waals surface area contributed by atoms with Crippen LogP contribution in [0.15, 0.2) is 54.6 Å². The van der Waals surface area contributed by atoms with Gasteiger partial charge in [-0.2, -0.15) is 0 Å². The number of hydrogen-bond donors (Lipinski definition) is 5. The summed E-state index contributed by atoms with van der Waals surface area (Å²) in [6, 6.07) is 13.5. The van der Waals surface area contributed by atoms with Gasteiger partial charge in [-0.05, 0) is 29.9 Å². The quantitative estimate of drug-likeness (QED) is 0.0886. The molecule has 0 aliphatic rings. The molecule has 0 spiro atoms. The monoisotopic (exact) mass is 632 g/mol. The van der Waals surface area contributed by atoms with Crippen molar-refractivity contribution in [2.24, 2.45) is 5.92 Å². The van der Waals surface area contributed by atoms with Gasteiger partial charge < -0.3 is 25.5 Å². The smallest absolute Gasteiger partial charge is 0.317 e. The highest BCUT2D eigenvalue weighted by Crippen LogP contribution is 2.18. The highest BCUT2D eigenvalue weighted by Gasteiger charge is 2.29. The Labute approximate surface area is 257 Å². The molecule has 0 saturated heterocycles. The van der Waals surface area contributed by atoms with Gasteiger partial charge in [0.15, 0.2) is 0 Å². The first kappa shape index (κ1) is 36.3. The average Bonchev–Trinajstić information content (AvgIpc) is 2.91. The largest absolute Gasteiger partial charge is 0.480 e. The van der Waals surface area contributed by atoms with Crippen LogP contribution in [0.1, 0.15) is 11.1 Å². The van der Waals surface area contributed by atoms with Crippen LogP contribution in [0.4, 0.5) is 5.69 Å². The third kappa shape index (κ3) is 14.4. The zero-order valence-corrected chi connectivity index (χ0v) is 24.3. The predicted octanol–water partition coefficient (Wildman–Crippen LogP) is 0.694. The van der Waals surface area contributed by atoms with Gasteiger partial charge >= 0.3 is 29.8 Å². The molecule has 0 aromatic heterocycles. The van der Waals surface area contributed by atoms with Crippen LogP contribution >= 0.6 is 0 Å². The lowest BCUT2D eigenvalue weighted by Gasteiger charge is -2.36. The molecule has 0 bridgehead atoms. The second-order valence-electron chi connectivity index (χ2n) is 10.6. The highest BCUT2D eigenvalue weighted by atomic mass is 16.6. The van der Waals surface area contributed by atoms with Gasteiger partial charge in [0, 0.05) is 37.8 Å². The van der Waals surface area contributed by atoms with Crippen molar-refractivity contribution in [3.8, 4) is 0 Å². The molecule has 2 atom stereocenters. The van der Waals surface area contributed by atoms with E-state index in [-0.39, 0.29) is 31.7 Å². The highest BCUT2D eigenvalue weighted by molar-refractivity contribution is 5.73. The van der Waals surface area contributed by atoms with E-state index >= 15 is 0 Å². The molecule has 2 aromatic rings. The molecule has 0 saturated carbocycles. The van der Waals surface area contributed by atoms with Crippen LogP contribution in [0.25, 0.3) is 0 Å². The Balaban J connectivity index is 2.48. The van der Waals surface area contributed by atoms with E-state index in [0.717, 1.165) is 10.5 Å². The minimum absolute atomic E-state index is 0.00166. The number of nitro groups is 1. The zero-order valence-electron chi connectivity index (χ0n) is 24.3. The van der Waals surface area contributed by atoms with Crippen molar-refractivity contribution in [3.05, 3.63) is 75.8 Å². The van der Waals surface area contributed by atoms with Crippen molar-refractivity contribution in [2.45, 2.75) is 18.9 Å². The van der Waals surface area contributed by atoms with Crippen molar-refractivity contribution in [2.75, 3.05) is 52.4 Å². The van der Waals surface area contributed by atoms with Gasteiger partial charge in [-0.1, -0.05) is 42.5 Å². The number of carboxylic acids is 5. The van der Waals surface area contributed by atoms with E-state index in [1.165, 1.54) is 34.1 Å². The van der Waals surface area contributed by atoms with Crippen molar-refractivity contribution < 1.29 is 54.4 Å². The molecule has 16 heteroatoms. The molecule has 2 rings (SSSR count). The molecule has 0 fully saturated rings. The predicted molar refractivity (Wildman–Crippen MR) is 157 cm³/mol. The maximum atomic E-state index is 12.0. The third-order valence-corrected chi connectivity index (χ3v) is 6.76. The lowest BCUT2D eigenvalue weighted by molar-refractivity contribution is -0.384. The van der Waals surface area contributed by atoms with E-state index < -0.39 is 79.5 Å². The van der Waals surface area contributed by atoms with Gasteiger partial charge in [0.2, 0.25) is 0 Å². The lowest BCUT2D eigenvalue weighted by atomic mass is 9.96. The van der Waals surface area contributed by atoms with Crippen LogP contribution in [0.5, 0.6) is 0 Å². The van der Waals surface area contributed by atoms with Crippen molar-refractivity contribution in [1.29, 1.82) is 0 Å². The van der Waals surface area contributed by atoms with Gasteiger partial charge in [0.25, 0.3) is 5.69 Å². The first-order chi connectivity index (χ1) is 21.2. The Morgan fingerprint density at radius 1 is 0.600 bits per heavy atom. The molecular formula is C29H36N4O12. The third-order valence-electron chi connectivity index (χ3n) is 6.76. The summed E-state index contributed by atoms with van der Waals surface area (Å²) in [5.41, 5.74) is 1.15. The van der Waals surface area contributed by atoms with Crippen LogP contribution < -0.4 is 0 Å². The Bertz CT molecular complexity index is 1290. The summed E-state index contributed by atoms with van der Waals surface area (Å²) in [4.78, 5) is 72.6. The Morgan fingerprint density at radius 3 is 1.51 bits per heavy atom. The van der Waals surface area contributed by atoms with Gasteiger partial charge in [0.1, 0.15) is 0 Å². The average molecular weight is 633 g/mol. The fourth-order valence-corrected chi connectivity index (χ4v) is 5.12. The molecular weight excluding hydrogens is 596 g/mol. The fourth-order valence-electron chi connectivity index (χ4n) is 5.12. The first-order valence-electron chi connectivity index (χ1n) is 13.8. The molecule has 0 radical (unpaired) electrons. The summed E-state index contributed by atoms with van der Waals surface area (Å²) in [5.74, 6) is -6.89. The number of aliphatic carboxylic acids is 5. The maximum absolute atomic E-state index is 12.0. The van der Waals surface area contributed by atoms with E-state index in [1.54, 1.807) is 18.2 Å². The first-order valence-corrected chi connectivity index (χ1v) is 13.8. The molecule has 45 heavy (non-hydrogen) atoms. The number of nitrogens with zero attached hydrogens (tertiary/aromatic N) is 4. The number of nitro benzene ring substituents is 1. The molecule has 0 aliphatic heterocycles. The molecule has 2 unspecified atom stereocenters. The van der Waals surface area contributed by atoms with Gasteiger partial charge in [-0.15, -0.1) is 0 Å². The molecule has 16 nitrogen and oxygen atoms in total. The number of carboxylic acid groups (broad SMARTS) is 5. The molecule has 0 amide bonds. The van der Waals surface area contributed by atoms with Crippen molar-refractivity contribution in [1.82, 2.24) is 14.7 Å². The van der Waals surface area contributed by atoms with Crippen LogP contribution in [-0.2, 0) is 36.8 Å². The van der Waals surface area contributed by atoms with E-state index in [2.05, 4.69) is 0 Å². The summed E-state index contributed by atoms with van der Waals surface area (Å²) in [6.45, 7) is -3.27. The van der Waals surface area contributed by atoms with Gasteiger partial charge in [-0.25, -0.2) is 0 Å². The van der Waals surface area contributed by atoms with E-state index in [9.17, 15) is 59.6 Å². The number of benzene rings is 2. The summed E-state index contributed by atoms with van der Waals surface area (Å²) in [6.07, 6.45) is 0.329. The van der Waals surface area contributed by atoms with Crippen LogP contribution in [0.3, 0.4) is 0 Å². The molecule has 5 N–H and O–H groups in total. The number of hydrogen-bond acceptors (Lipinski definition) is 10. The number of non-ortho nitro benzene ring substituents is 1. The van der Waals surface area contributed by atoms with Crippen molar-refractivity contribution >= 4 is 35.5 Å². The molecule has 244 valence electrons. The number of rotatable bonds is 22. The van der Waals surface area contributed by atoms with E-state index in [0.29, 0.717) is 12.0 Å². The summed E-state index contributed by atoms with van der Waals surface area (Å²) in [5, 5.41) is 58.6. The van der Waals surface area contributed by atoms with Crippen LogP contribution in [-0.4, -0.2) is 133 Å². The van der Waals surface area contributed by atoms with Crippen LogP contribution in [0, 0.1) is 16.0 Å². The van der Waals surface area contributed by atoms with E-state index in [1.807, 2.05) is 12.1 Å². The molecule has 2 aromatic carbocycles. The second-order valence-corrected chi connectivity index (χ2v) is 10.6. The van der Waals surface area contributed by atoms with Crippen LogP contribution in [0.2, 0.25) is 0 Å². The topological polar surface area (TPSA) is 239 Å². The Morgan fingerprint density at radius 2 is 1.04 bits per heavy atom. The van der Waals surface area contributed by atoms with E-state index in [4.69, 9.17) is 0 Å². The minimum atomic E-state index is -1.32. The molecule has 0 aliphatic carbocycles. The normalized spacial score (nSPS) is 12.6. The van der Waals surface area contributed by atoms with Crippen molar-refractivity contribution in [3.63, 3.8) is 0 Å². The minimum Gasteiger partial charge on any atom is -0.480 e. The Kier molecular flexibility index (Phi) is 14.5. The SMILES string of the molecule is O=C(O)CN(CC(=O)O)CC(Cc1ccccc1)CN(CC(=O)O)CC(Cc1ccc([N+](=O)[O-])cc1)N(CC(=O)O)CC(=O)O. The second kappa shape index (κ2) is 18.0. The zero-order chi connectivity index (χ0) is 33.5. The Hall–Kier alpha value is -4.93. The van der Waals surface area contributed by atoms with Gasteiger partial charge in [-0.3, -0.25) is 48.8 Å². The summed E-state index contributed by atoms with van der Waals surface area (Å²) in [7, 11) is 0. The summed E-state index contributed by atoms with van der Waals surface area (Å²) >= 11 is 0. The maximum Gasteiger partial charge on any atom is 0.317 e. The standard InChI is InChI=1S/C29H36N4O12/c34-25(35)15-30(12-22(10-20-4-2-1-3-5-20)13-31(16-26(36)37)17-27(38)39)14-24(32(18-28(40)41)19-29(42)43)11-21-6-8-23(9-7-21)33(44)45/h1-9,22,24H,10-19H2,(H,34,35)(H,36,37)(H,38,39)(H,40,41)(H,42,43). The number of carbonyl (C=O) groups is 5. The molecule has 0 heterocycles. The fraction of sp³-hybridized carbons (Fsp3) is 0.414. The van der Waals surface area contributed by atoms with Gasteiger partial charge in [0.05, 0.1) is 37.6 Å². The summed E-state index contributed by atoms with van der Waals surface area (Å²) < 4.78 is 0.